The molecule has 0 fully saturated rings. The molecular formula is C14H10BrClN2O2S. The molecule has 0 atom stereocenters. The Morgan fingerprint density at radius 3 is 2.52 bits per heavy atom. The van der Waals surface area contributed by atoms with Crippen LogP contribution in [0.15, 0.2) is 45.8 Å². The smallest absolute Gasteiger partial charge is 0.261 e. The summed E-state index contributed by atoms with van der Waals surface area (Å²) in [5.41, 5.74) is 1.33. The van der Waals surface area contributed by atoms with Gasteiger partial charge in [-0.25, -0.2) is 8.42 Å². The summed E-state index contributed by atoms with van der Waals surface area (Å²) in [5, 5.41) is 9.16. The number of benzene rings is 2. The fourth-order valence-electron chi connectivity index (χ4n) is 1.70. The highest BCUT2D eigenvalue weighted by Gasteiger charge is 2.16. The summed E-state index contributed by atoms with van der Waals surface area (Å²) in [7, 11) is -3.76. The number of hydrogen-bond donors (Lipinski definition) is 1. The molecule has 0 bridgehead atoms. The van der Waals surface area contributed by atoms with E-state index < -0.39 is 10.0 Å². The van der Waals surface area contributed by atoms with Crippen molar-refractivity contribution >= 4 is 43.2 Å². The summed E-state index contributed by atoms with van der Waals surface area (Å²) >= 11 is 9.26. The summed E-state index contributed by atoms with van der Waals surface area (Å²) in [5.74, 6) is 0. The van der Waals surface area contributed by atoms with E-state index in [9.17, 15) is 8.42 Å². The number of nitriles is 1. The van der Waals surface area contributed by atoms with Crippen LogP contribution in [0, 0.1) is 18.3 Å². The molecular weight excluding hydrogens is 376 g/mol. The summed E-state index contributed by atoms with van der Waals surface area (Å²) in [4.78, 5) is 0.0815. The van der Waals surface area contributed by atoms with Crippen molar-refractivity contribution in [3.8, 4) is 6.07 Å². The van der Waals surface area contributed by atoms with Gasteiger partial charge >= 0.3 is 0 Å². The summed E-state index contributed by atoms with van der Waals surface area (Å²) in [6.45, 7) is 1.68. The zero-order valence-corrected chi connectivity index (χ0v) is 14.1. The van der Waals surface area contributed by atoms with E-state index in [0.29, 0.717) is 21.8 Å². The second kappa shape index (κ2) is 6.06. The summed E-state index contributed by atoms with van der Waals surface area (Å²) in [6.07, 6.45) is 0. The normalized spacial score (nSPS) is 11.0. The molecule has 0 heterocycles. The number of sulfonamides is 1. The predicted molar refractivity (Wildman–Crippen MR) is 85.9 cm³/mol. The molecule has 1 N–H and O–H groups in total. The van der Waals surface area contributed by atoms with Crippen LogP contribution in [-0.2, 0) is 10.0 Å². The van der Waals surface area contributed by atoms with Crippen molar-refractivity contribution in [3.05, 3.63) is 57.0 Å². The van der Waals surface area contributed by atoms with E-state index in [-0.39, 0.29) is 4.90 Å². The fourth-order valence-corrected chi connectivity index (χ4v) is 3.65. The molecule has 2 aromatic rings. The maximum atomic E-state index is 12.3. The van der Waals surface area contributed by atoms with E-state index in [1.165, 1.54) is 18.2 Å². The van der Waals surface area contributed by atoms with Crippen LogP contribution in [0.4, 0.5) is 5.69 Å². The average molecular weight is 386 g/mol. The third-order valence-corrected chi connectivity index (χ3v) is 4.97. The van der Waals surface area contributed by atoms with Crippen molar-refractivity contribution in [1.82, 2.24) is 0 Å². The molecule has 0 aliphatic rings. The van der Waals surface area contributed by atoms with Gasteiger partial charge in [-0.3, -0.25) is 4.72 Å². The van der Waals surface area contributed by atoms with Gasteiger partial charge in [0.1, 0.15) is 0 Å². The van der Waals surface area contributed by atoms with Gasteiger partial charge in [-0.05, 0) is 48.9 Å². The first-order valence-electron chi connectivity index (χ1n) is 5.82. The molecule has 108 valence electrons. The Kier molecular flexibility index (Phi) is 4.57. The number of rotatable bonds is 3. The maximum Gasteiger partial charge on any atom is 0.261 e. The first-order chi connectivity index (χ1) is 9.83. The molecule has 0 aliphatic heterocycles. The van der Waals surface area contributed by atoms with Crippen LogP contribution in [-0.4, -0.2) is 8.42 Å². The highest BCUT2D eigenvalue weighted by Crippen LogP contribution is 2.28. The van der Waals surface area contributed by atoms with E-state index in [1.807, 2.05) is 6.07 Å². The predicted octanol–water partition coefficient (Wildman–Crippen LogP) is 4.08. The first kappa shape index (κ1) is 15.8. The van der Waals surface area contributed by atoms with Gasteiger partial charge in [-0.15, -0.1) is 0 Å². The number of nitrogens with zero attached hydrogens (tertiary/aromatic N) is 1. The molecule has 7 heteroatoms. The van der Waals surface area contributed by atoms with E-state index in [2.05, 4.69) is 20.7 Å². The van der Waals surface area contributed by atoms with E-state index in [4.69, 9.17) is 16.9 Å². The number of anilines is 1. The van der Waals surface area contributed by atoms with Gasteiger partial charge in [0.05, 0.1) is 27.2 Å². The Hall–Kier alpha value is -1.55. The minimum atomic E-state index is -3.76. The lowest BCUT2D eigenvalue weighted by atomic mass is 10.1. The Morgan fingerprint density at radius 2 is 1.95 bits per heavy atom. The minimum Gasteiger partial charge on any atom is -0.278 e. The zero-order chi connectivity index (χ0) is 15.6. The lowest BCUT2D eigenvalue weighted by Crippen LogP contribution is -2.13. The minimum absolute atomic E-state index is 0.0815. The third-order valence-electron chi connectivity index (χ3n) is 2.80. The third kappa shape index (κ3) is 3.56. The van der Waals surface area contributed by atoms with Crippen molar-refractivity contribution in [3.63, 3.8) is 0 Å². The monoisotopic (exact) mass is 384 g/mol. The molecule has 0 saturated carbocycles. The van der Waals surface area contributed by atoms with Crippen molar-refractivity contribution in [2.75, 3.05) is 4.72 Å². The Bertz CT molecular complexity index is 845. The molecule has 0 aliphatic carbocycles. The van der Waals surface area contributed by atoms with Gasteiger partial charge in [-0.2, -0.15) is 5.26 Å². The van der Waals surface area contributed by atoms with Crippen molar-refractivity contribution in [2.24, 2.45) is 0 Å². The molecule has 0 radical (unpaired) electrons. The van der Waals surface area contributed by atoms with E-state index >= 15 is 0 Å². The van der Waals surface area contributed by atoms with Crippen LogP contribution < -0.4 is 4.72 Å². The first-order valence-corrected chi connectivity index (χ1v) is 8.47. The topological polar surface area (TPSA) is 70.0 Å². The Morgan fingerprint density at radius 1 is 1.24 bits per heavy atom. The molecule has 0 amide bonds. The fraction of sp³-hybridized carbons (Fsp3) is 0.0714. The van der Waals surface area contributed by atoms with Crippen LogP contribution in [0.5, 0.6) is 0 Å². The van der Waals surface area contributed by atoms with Crippen LogP contribution in [0.25, 0.3) is 0 Å². The van der Waals surface area contributed by atoms with Gasteiger partial charge in [0.15, 0.2) is 0 Å². The molecule has 2 rings (SSSR count). The maximum absolute atomic E-state index is 12.3. The molecule has 21 heavy (non-hydrogen) atoms. The molecule has 0 aromatic heterocycles. The van der Waals surface area contributed by atoms with Gasteiger partial charge in [0.25, 0.3) is 10.0 Å². The Labute approximate surface area is 136 Å². The highest BCUT2D eigenvalue weighted by atomic mass is 79.9. The van der Waals surface area contributed by atoms with E-state index in [0.717, 1.165) is 4.47 Å². The SMILES string of the molecule is Cc1cc(S(=O)(=O)Nc2ccc(Br)cc2Cl)ccc1C#N. The van der Waals surface area contributed by atoms with Crippen molar-refractivity contribution in [1.29, 1.82) is 5.26 Å². The zero-order valence-electron chi connectivity index (χ0n) is 10.9. The van der Waals surface area contributed by atoms with Crippen LogP contribution >= 0.6 is 27.5 Å². The lowest BCUT2D eigenvalue weighted by Gasteiger charge is -2.10. The van der Waals surface area contributed by atoms with Gasteiger partial charge in [0, 0.05) is 4.47 Å². The number of aryl methyl sites for hydroxylation is 1. The summed E-state index contributed by atoms with van der Waals surface area (Å²) < 4.78 is 27.8. The number of hydrogen-bond acceptors (Lipinski definition) is 3. The van der Waals surface area contributed by atoms with Crippen LogP contribution in [0.2, 0.25) is 5.02 Å². The van der Waals surface area contributed by atoms with Crippen molar-refractivity contribution in [2.45, 2.75) is 11.8 Å². The quantitative estimate of drug-likeness (QED) is 0.865. The molecule has 2 aromatic carbocycles. The number of halogens is 2. The largest absolute Gasteiger partial charge is 0.278 e. The highest BCUT2D eigenvalue weighted by molar-refractivity contribution is 9.10. The Balaban J connectivity index is 2.39. The molecule has 0 spiro atoms. The standard InChI is InChI=1S/C14H10BrClN2O2S/c1-9-6-12(4-2-10(9)8-17)21(19,20)18-14-5-3-11(15)7-13(14)16/h2-7,18H,1H3. The van der Waals surface area contributed by atoms with Gasteiger partial charge < -0.3 is 0 Å². The second-order valence-electron chi connectivity index (χ2n) is 4.32. The van der Waals surface area contributed by atoms with Crippen LogP contribution in [0.3, 0.4) is 0 Å². The second-order valence-corrected chi connectivity index (χ2v) is 7.32. The molecule has 4 nitrogen and oxygen atoms in total. The number of nitrogens with one attached hydrogen (secondary N) is 1. The summed E-state index contributed by atoms with van der Waals surface area (Å²) in [6, 6.07) is 11.2. The lowest BCUT2D eigenvalue weighted by molar-refractivity contribution is 0.601. The van der Waals surface area contributed by atoms with Gasteiger partial charge in [0.2, 0.25) is 0 Å². The van der Waals surface area contributed by atoms with Gasteiger partial charge in [-0.1, -0.05) is 27.5 Å². The van der Waals surface area contributed by atoms with E-state index in [1.54, 1.807) is 25.1 Å². The van der Waals surface area contributed by atoms with Crippen LogP contribution in [0.1, 0.15) is 11.1 Å². The molecule has 0 unspecified atom stereocenters. The molecule has 0 saturated heterocycles. The average Bonchev–Trinajstić information content (AvgIpc) is 2.42. The van der Waals surface area contributed by atoms with Crippen molar-refractivity contribution < 1.29 is 8.42 Å².